The molecule has 0 aliphatic heterocycles. The summed E-state index contributed by atoms with van der Waals surface area (Å²) in [4.78, 5) is 19.5. The molecule has 6 nitrogen and oxygen atoms in total. The summed E-state index contributed by atoms with van der Waals surface area (Å²) in [5, 5.41) is 8.68. The molecule has 0 saturated carbocycles. The average molecular weight is 288 g/mol. The van der Waals surface area contributed by atoms with Crippen molar-refractivity contribution in [2.75, 3.05) is 81.1 Å². The minimum Gasteiger partial charge on any atom is -0.481 e. The number of nitrogens with zero attached hydrogens (tertiary/aromatic N) is 4. The van der Waals surface area contributed by atoms with Crippen molar-refractivity contribution in [3.8, 4) is 0 Å². The van der Waals surface area contributed by atoms with Crippen molar-refractivity contribution in [2.45, 2.75) is 6.42 Å². The lowest BCUT2D eigenvalue weighted by Gasteiger charge is -2.27. The monoisotopic (exact) mass is 288 g/mol. The van der Waals surface area contributed by atoms with Crippen LogP contribution in [0.15, 0.2) is 0 Å². The Morgan fingerprint density at radius 1 is 0.750 bits per heavy atom. The molecule has 0 atom stereocenters. The van der Waals surface area contributed by atoms with Gasteiger partial charge in [-0.1, -0.05) is 0 Å². The van der Waals surface area contributed by atoms with Crippen molar-refractivity contribution in [1.82, 2.24) is 19.6 Å². The number of aliphatic carboxylic acids is 1. The SMILES string of the molecule is CN(C)CCN(CCN(C)C)CCN(C)CCC(=O)O. The number of carboxylic acid groups (broad SMARTS) is 1. The second kappa shape index (κ2) is 11.0. The van der Waals surface area contributed by atoms with Gasteiger partial charge in [0.1, 0.15) is 0 Å². The highest BCUT2D eigenvalue weighted by Crippen LogP contribution is 1.94. The molecule has 1 N–H and O–H groups in total. The first-order chi connectivity index (χ1) is 9.31. The van der Waals surface area contributed by atoms with Gasteiger partial charge in [-0.2, -0.15) is 0 Å². The second-order valence-corrected chi connectivity index (χ2v) is 5.90. The van der Waals surface area contributed by atoms with E-state index in [1.54, 1.807) is 0 Å². The molecule has 0 unspecified atom stereocenters. The predicted octanol–water partition coefficient (Wildman–Crippen LogP) is -0.182. The van der Waals surface area contributed by atoms with Gasteiger partial charge in [-0.25, -0.2) is 0 Å². The highest BCUT2D eigenvalue weighted by Gasteiger charge is 2.08. The van der Waals surface area contributed by atoms with E-state index in [1.807, 2.05) is 7.05 Å². The van der Waals surface area contributed by atoms with E-state index in [9.17, 15) is 4.79 Å². The molecule has 6 heteroatoms. The fourth-order valence-corrected chi connectivity index (χ4v) is 1.73. The summed E-state index contributed by atoms with van der Waals surface area (Å²) in [6.07, 6.45) is 0.214. The number of carboxylic acids is 1. The van der Waals surface area contributed by atoms with Gasteiger partial charge in [0.05, 0.1) is 6.42 Å². The van der Waals surface area contributed by atoms with Gasteiger partial charge in [0.25, 0.3) is 0 Å². The Labute approximate surface area is 123 Å². The lowest BCUT2D eigenvalue weighted by atomic mass is 10.3. The minimum atomic E-state index is -0.728. The van der Waals surface area contributed by atoms with Crippen LogP contribution in [-0.4, -0.2) is 112 Å². The Hall–Kier alpha value is -0.690. The zero-order valence-corrected chi connectivity index (χ0v) is 13.8. The maximum Gasteiger partial charge on any atom is 0.304 e. The molecule has 0 radical (unpaired) electrons. The van der Waals surface area contributed by atoms with Gasteiger partial charge in [0.15, 0.2) is 0 Å². The van der Waals surface area contributed by atoms with Crippen LogP contribution in [0.4, 0.5) is 0 Å². The van der Waals surface area contributed by atoms with Crippen LogP contribution in [0.5, 0.6) is 0 Å². The van der Waals surface area contributed by atoms with Gasteiger partial charge in [-0.3, -0.25) is 9.69 Å². The van der Waals surface area contributed by atoms with Crippen molar-refractivity contribution in [3.63, 3.8) is 0 Å². The molecule has 0 spiro atoms. The molecule has 0 aromatic rings. The third kappa shape index (κ3) is 12.3. The van der Waals surface area contributed by atoms with Crippen LogP contribution in [0.2, 0.25) is 0 Å². The van der Waals surface area contributed by atoms with E-state index >= 15 is 0 Å². The van der Waals surface area contributed by atoms with Crippen LogP contribution in [0.3, 0.4) is 0 Å². The number of hydrogen-bond donors (Lipinski definition) is 1. The largest absolute Gasteiger partial charge is 0.481 e. The Bertz CT molecular complexity index is 248. The van der Waals surface area contributed by atoms with E-state index in [1.165, 1.54) is 0 Å². The van der Waals surface area contributed by atoms with Crippen LogP contribution in [0.25, 0.3) is 0 Å². The summed E-state index contributed by atoms with van der Waals surface area (Å²) < 4.78 is 0. The molecule has 0 amide bonds. The first-order valence-electron chi connectivity index (χ1n) is 7.23. The third-order valence-electron chi connectivity index (χ3n) is 3.23. The summed E-state index contributed by atoms with van der Waals surface area (Å²) in [6.45, 7) is 6.70. The van der Waals surface area contributed by atoms with Gasteiger partial charge in [-0.05, 0) is 35.2 Å². The molecule has 120 valence electrons. The van der Waals surface area contributed by atoms with Gasteiger partial charge in [0.2, 0.25) is 0 Å². The quantitative estimate of drug-likeness (QED) is 0.538. The molecule has 0 heterocycles. The zero-order valence-electron chi connectivity index (χ0n) is 13.8. The number of rotatable bonds is 12. The maximum absolute atomic E-state index is 10.5. The third-order valence-corrected chi connectivity index (χ3v) is 3.23. The standard InChI is InChI=1S/C14H32N4O2/c1-15(2)8-11-18(12-9-16(3)4)13-10-17(5)7-6-14(19)20/h6-13H2,1-5H3,(H,19,20). The lowest BCUT2D eigenvalue weighted by molar-refractivity contribution is -0.137. The van der Waals surface area contributed by atoms with Gasteiger partial charge in [0, 0.05) is 45.8 Å². The molecule has 0 bridgehead atoms. The Kier molecular flexibility index (Phi) is 10.6. The highest BCUT2D eigenvalue weighted by atomic mass is 16.4. The van der Waals surface area contributed by atoms with Crippen LogP contribution in [0, 0.1) is 0 Å². The van der Waals surface area contributed by atoms with Gasteiger partial charge < -0.3 is 19.8 Å². The first-order valence-corrected chi connectivity index (χ1v) is 7.23. The van der Waals surface area contributed by atoms with E-state index in [0.29, 0.717) is 6.54 Å². The van der Waals surface area contributed by atoms with E-state index < -0.39 is 5.97 Å². The van der Waals surface area contributed by atoms with E-state index in [0.717, 1.165) is 39.3 Å². The molecule has 0 aromatic carbocycles. The Morgan fingerprint density at radius 2 is 1.20 bits per heavy atom. The van der Waals surface area contributed by atoms with Crippen molar-refractivity contribution in [1.29, 1.82) is 0 Å². The number of carbonyl (C=O) groups is 1. The van der Waals surface area contributed by atoms with Gasteiger partial charge in [-0.15, -0.1) is 0 Å². The van der Waals surface area contributed by atoms with E-state index in [4.69, 9.17) is 5.11 Å². The van der Waals surface area contributed by atoms with Crippen molar-refractivity contribution in [2.24, 2.45) is 0 Å². The summed E-state index contributed by atoms with van der Waals surface area (Å²) in [6, 6.07) is 0. The summed E-state index contributed by atoms with van der Waals surface area (Å²) in [5.41, 5.74) is 0. The minimum absolute atomic E-state index is 0.214. The summed E-state index contributed by atoms with van der Waals surface area (Å²) in [7, 11) is 10.3. The molecule has 0 fully saturated rings. The highest BCUT2D eigenvalue weighted by molar-refractivity contribution is 5.66. The molecule has 20 heavy (non-hydrogen) atoms. The predicted molar refractivity (Wildman–Crippen MR) is 83.3 cm³/mol. The topological polar surface area (TPSA) is 50.3 Å². The van der Waals surface area contributed by atoms with Gasteiger partial charge >= 0.3 is 5.97 Å². The molecule has 0 saturated heterocycles. The van der Waals surface area contributed by atoms with E-state index in [2.05, 4.69) is 47.8 Å². The molecule has 0 aromatic heterocycles. The Balaban J connectivity index is 4.02. The zero-order chi connectivity index (χ0) is 15.5. The number of hydrogen-bond acceptors (Lipinski definition) is 5. The molecular formula is C14H32N4O2. The first kappa shape index (κ1) is 19.3. The maximum atomic E-state index is 10.5. The second-order valence-electron chi connectivity index (χ2n) is 5.90. The van der Waals surface area contributed by atoms with Crippen molar-refractivity contribution < 1.29 is 9.90 Å². The average Bonchev–Trinajstić information content (AvgIpc) is 2.34. The summed E-state index contributed by atoms with van der Waals surface area (Å²) >= 11 is 0. The van der Waals surface area contributed by atoms with Crippen molar-refractivity contribution >= 4 is 5.97 Å². The van der Waals surface area contributed by atoms with Crippen LogP contribution in [-0.2, 0) is 4.79 Å². The Morgan fingerprint density at radius 3 is 1.60 bits per heavy atom. The number of likely N-dealkylation sites (N-methyl/N-ethyl adjacent to an activating group) is 3. The molecule has 0 aliphatic rings. The van der Waals surface area contributed by atoms with Crippen LogP contribution >= 0.6 is 0 Å². The summed E-state index contributed by atoms with van der Waals surface area (Å²) in [5.74, 6) is -0.728. The van der Waals surface area contributed by atoms with Crippen molar-refractivity contribution in [3.05, 3.63) is 0 Å². The van der Waals surface area contributed by atoms with Crippen LogP contribution in [0.1, 0.15) is 6.42 Å². The molecular weight excluding hydrogens is 256 g/mol. The molecule has 0 aliphatic carbocycles. The molecule has 0 rings (SSSR count). The normalized spacial score (nSPS) is 12.1. The van der Waals surface area contributed by atoms with E-state index in [-0.39, 0.29) is 6.42 Å². The fraction of sp³-hybridized carbons (Fsp3) is 0.929. The smallest absolute Gasteiger partial charge is 0.304 e. The van der Waals surface area contributed by atoms with Crippen LogP contribution < -0.4 is 0 Å². The lowest BCUT2D eigenvalue weighted by Crippen LogP contribution is -2.40. The fourth-order valence-electron chi connectivity index (χ4n) is 1.73.